The highest BCUT2D eigenvalue weighted by atomic mass is 16.1. The first kappa shape index (κ1) is 11.2. The zero-order chi connectivity index (χ0) is 12.3. The predicted molar refractivity (Wildman–Crippen MR) is 62.2 cm³/mol. The van der Waals surface area contributed by atoms with Crippen LogP contribution in [0, 0.1) is 0 Å². The third kappa shape index (κ3) is 2.63. The lowest BCUT2D eigenvalue weighted by Gasteiger charge is -2.03. The Morgan fingerprint density at radius 3 is 3.06 bits per heavy atom. The summed E-state index contributed by atoms with van der Waals surface area (Å²) in [5.41, 5.74) is 5.77. The average molecular weight is 234 g/mol. The number of nitrogens with zero attached hydrogens (tertiary/aromatic N) is 3. The highest BCUT2D eigenvalue weighted by Gasteiger charge is 2.08. The molecule has 0 aliphatic heterocycles. The molecule has 0 spiro atoms. The van der Waals surface area contributed by atoms with Gasteiger partial charge in [-0.25, -0.2) is 4.98 Å². The largest absolute Gasteiger partial charge is 0.382 e. The van der Waals surface area contributed by atoms with Gasteiger partial charge in [-0.05, 0) is 0 Å². The number of aromatic nitrogens is 4. The van der Waals surface area contributed by atoms with Gasteiger partial charge in [-0.1, -0.05) is 0 Å². The van der Waals surface area contributed by atoms with Crippen LogP contribution in [0.2, 0.25) is 0 Å². The van der Waals surface area contributed by atoms with Crippen LogP contribution in [0.5, 0.6) is 0 Å². The van der Waals surface area contributed by atoms with Crippen LogP contribution in [-0.4, -0.2) is 32.2 Å². The number of hydrogen-bond acceptors (Lipinski definition) is 4. The van der Waals surface area contributed by atoms with Gasteiger partial charge in [0.05, 0.1) is 0 Å². The minimum absolute atomic E-state index is 0.219. The monoisotopic (exact) mass is 234 g/mol. The quantitative estimate of drug-likeness (QED) is 0.675. The number of aromatic amines is 1. The molecule has 90 valence electrons. The van der Waals surface area contributed by atoms with Crippen molar-refractivity contribution in [1.29, 1.82) is 0 Å². The van der Waals surface area contributed by atoms with Crippen LogP contribution in [0.1, 0.15) is 16.3 Å². The zero-order valence-electron chi connectivity index (χ0n) is 9.47. The fourth-order valence-corrected chi connectivity index (χ4v) is 1.47. The zero-order valence-corrected chi connectivity index (χ0v) is 9.47. The Labute approximate surface area is 98.0 Å². The highest BCUT2D eigenvalue weighted by molar-refractivity contribution is 5.92. The Hall–Kier alpha value is -2.31. The molecule has 0 aliphatic carbocycles. The van der Waals surface area contributed by atoms with Crippen molar-refractivity contribution in [3.8, 4) is 0 Å². The molecule has 2 rings (SSSR count). The van der Waals surface area contributed by atoms with E-state index in [1.165, 1.54) is 6.07 Å². The van der Waals surface area contributed by atoms with Gasteiger partial charge in [-0.2, -0.15) is 5.10 Å². The van der Waals surface area contributed by atoms with Gasteiger partial charge >= 0.3 is 0 Å². The summed E-state index contributed by atoms with van der Waals surface area (Å²) in [4.78, 5) is 15.8. The molecule has 0 radical (unpaired) electrons. The van der Waals surface area contributed by atoms with Crippen LogP contribution in [0.3, 0.4) is 0 Å². The van der Waals surface area contributed by atoms with E-state index in [1.807, 2.05) is 17.8 Å². The van der Waals surface area contributed by atoms with E-state index >= 15 is 0 Å². The van der Waals surface area contributed by atoms with Crippen LogP contribution in [0.15, 0.2) is 18.5 Å². The van der Waals surface area contributed by atoms with Crippen molar-refractivity contribution in [3.05, 3.63) is 30.0 Å². The van der Waals surface area contributed by atoms with Gasteiger partial charge in [-0.3, -0.25) is 9.89 Å². The second-order valence-corrected chi connectivity index (χ2v) is 3.67. The van der Waals surface area contributed by atoms with Crippen molar-refractivity contribution in [2.75, 3.05) is 12.3 Å². The molecular weight excluding hydrogens is 220 g/mol. The van der Waals surface area contributed by atoms with E-state index in [1.54, 1.807) is 6.20 Å². The van der Waals surface area contributed by atoms with Gasteiger partial charge in [0.1, 0.15) is 17.3 Å². The summed E-state index contributed by atoms with van der Waals surface area (Å²) in [6, 6.07) is 1.50. The van der Waals surface area contributed by atoms with Crippen molar-refractivity contribution >= 4 is 11.7 Å². The number of carbonyl (C=O) groups excluding carboxylic acids is 1. The molecule has 2 aromatic rings. The molecule has 2 aromatic heterocycles. The molecule has 0 saturated carbocycles. The maximum atomic E-state index is 11.6. The number of H-pyrrole nitrogens is 1. The second kappa shape index (κ2) is 4.69. The normalized spacial score (nSPS) is 10.4. The molecule has 0 bridgehead atoms. The first-order chi connectivity index (χ1) is 8.16. The summed E-state index contributed by atoms with van der Waals surface area (Å²) in [5, 5.41) is 9.00. The number of imidazole rings is 1. The number of nitrogens with one attached hydrogen (secondary N) is 2. The molecule has 7 heteroatoms. The van der Waals surface area contributed by atoms with Crippen molar-refractivity contribution in [3.63, 3.8) is 0 Å². The van der Waals surface area contributed by atoms with E-state index in [2.05, 4.69) is 20.5 Å². The number of aryl methyl sites for hydroxylation is 1. The molecule has 2 heterocycles. The summed E-state index contributed by atoms with van der Waals surface area (Å²) < 4.78 is 1.92. The summed E-state index contributed by atoms with van der Waals surface area (Å²) in [6.07, 6.45) is 4.28. The number of amides is 1. The summed E-state index contributed by atoms with van der Waals surface area (Å²) in [6.45, 7) is 0.516. The predicted octanol–water partition coefficient (Wildman–Crippen LogP) is -0.302. The number of nitrogen functional groups attached to an aromatic ring is 1. The van der Waals surface area contributed by atoms with E-state index in [4.69, 9.17) is 5.73 Å². The number of rotatable bonds is 4. The average Bonchev–Trinajstić information content (AvgIpc) is 2.88. The van der Waals surface area contributed by atoms with E-state index in [9.17, 15) is 4.79 Å². The standard InChI is InChI=1S/C10H14N6O/c1-16-5-4-12-9(16)2-3-13-10(17)7-6-8(11)15-14-7/h4-6H,2-3H2,1H3,(H,13,17)(H3,11,14,15). The molecule has 1 amide bonds. The summed E-state index contributed by atoms with van der Waals surface area (Å²) >= 11 is 0. The lowest BCUT2D eigenvalue weighted by molar-refractivity contribution is 0.0949. The second-order valence-electron chi connectivity index (χ2n) is 3.67. The Kier molecular flexibility index (Phi) is 3.08. The smallest absolute Gasteiger partial charge is 0.269 e. The number of carbonyl (C=O) groups is 1. The van der Waals surface area contributed by atoms with Gasteiger partial charge in [-0.15, -0.1) is 0 Å². The van der Waals surface area contributed by atoms with Crippen LogP contribution in [0.4, 0.5) is 5.82 Å². The molecule has 0 aliphatic rings. The molecule has 0 atom stereocenters. The highest BCUT2D eigenvalue weighted by Crippen LogP contribution is 2.00. The maximum absolute atomic E-state index is 11.6. The van der Waals surface area contributed by atoms with Crippen LogP contribution in [-0.2, 0) is 13.5 Å². The first-order valence-electron chi connectivity index (χ1n) is 5.22. The lowest BCUT2D eigenvalue weighted by Crippen LogP contribution is -2.26. The van der Waals surface area contributed by atoms with Crippen molar-refractivity contribution in [1.82, 2.24) is 25.1 Å². The molecule has 0 aromatic carbocycles. The fraction of sp³-hybridized carbons (Fsp3) is 0.300. The van der Waals surface area contributed by atoms with Crippen molar-refractivity contribution < 1.29 is 4.79 Å². The lowest BCUT2D eigenvalue weighted by atomic mass is 10.3. The summed E-state index contributed by atoms with van der Waals surface area (Å²) in [5.74, 6) is 1.01. The van der Waals surface area contributed by atoms with Gasteiger partial charge in [0, 0.05) is 38.5 Å². The Bertz CT molecular complexity index is 514. The van der Waals surface area contributed by atoms with Crippen molar-refractivity contribution in [2.24, 2.45) is 7.05 Å². The number of anilines is 1. The SMILES string of the molecule is Cn1ccnc1CCNC(=O)c1cc(N)n[nH]1. The van der Waals surface area contributed by atoms with Crippen LogP contribution in [0.25, 0.3) is 0 Å². The minimum atomic E-state index is -0.219. The number of nitrogens with two attached hydrogens (primary N) is 1. The first-order valence-corrected chi connectivity index (χ1v) is 5.22. The molecule has 17 heavy (non-hydrogen) atoms. The van der Waals surface area contributed by atoms with Gasteiger partial charge in [0.2, 0.25) is 0 Å². The van der Waals surface area contributed by atoms with Crippen LogP contribution < -0.4 is 11.1 Å². The minimum Gasteiger partial charge on any atom is -0.382 e. The van der Waals surface area contributed by atoms with Gasteiger partial charge in [0.15, 0.2) is 0 Å². The Balaban J connectivity index is 1.83. The topological polar surface area (TPSA) is 102 Å². The molecule has 0 fully saturated rings. The van der Waals surface area contributed by atoms with Crippen LogP contribution >= 0.6 is 0 Å². The van der Waals surface area contributed by atoms with Gasteiger partial charge < -0.3 is 15.6 Å². The Morgan fingerprint density at radius 2 is 2.47 bits per heavy atom. The van der Waals surface area contributed by atoms with E-state index in [0.717, 1.165) is 5.82 Å². The molecule has 0 saturated heterocycles. The molecular formula is C10H14N6O. The third-order valence-electron chi connectivity index (χ3n) is 2.40. The van der Waals surface area contributed by atoms with Gasteiger partial charge in [0.25, 0.3) is 5.91 Å². The van der Waals surface area contributed by atoms with E-state index in [0.29, 0.717) is 24.5 Å². The maximum Gasteiger partial charge on any atom is 0.269 e. The number of hydrogen-bond donors (Lipinski definition) is 3. The molecule has 7 nitrogen and oxygen atoms in total. The van der Waals surface area contributed by atoms with Crippen molar-refractivity contribution in [2.45, 2.75) is 6.42 Å². The molecule has 4 N–H and O–H groups in total. The van der Waals surface area contributed by atoms with E-state index in [-0.39, 0.29) is 5.91 Å². The fourth-order valence-electron chi connectivity index (χ4n) is 1.47. The third-order valence-corrected chi connectivity index (χ3v) is 2.40. The summed E-state index contributed by atoms with van der Waals surface area (Å²) in [7, 11) is 1.92. The van der Waals surface area contributed by atoms with E-state index < -0.39 is 0 Å². The Morgan fingerprint density at radius 1 is 1.65 bits per heavy atom. The molecule has 0 unspecified atom stereocenters.